The molecule has 2 fully saturated rings. The van der Waals surface area contributed by atoms with Gasteiger partial charge in [-0.2, -0.15) is 8.78 Å². The number of benzene rings is 1. The molecule has 2 saturated heterocycles. The lowest BCUT2D eigenvalue weighted by atomic mass is 9.78. The van der Waals surface area contributed by atoms with Crippen molar-refractivity contribution in [2.24, 2.45) is 0 Å². The minimum atomic E-state index is -2.84. The highest BCUT2D eigenvalue weighted by Crippen LogP contribution is 2.36. The van der Waals surface area contributed by atoms with Crippen molar-refractivity contribution in [1.82, 2.24) is 4.90 Å². The van der Waals surface area contributed by atoms with Gasteiger partial charge in [0.15, 0.2) is 0 Å². The monoisotopic (exact) mass is 313 g/mol. The summed E-state index contributed by atoms with van der Waals surface area (Å²) in [5.41, 5.74) is -0.0149. The summed E-state index contributed by atoms with van der Waals surface area (Å²) in [4.78, 5) is 2.27. The second-order valence-electron chi connectivity index (χ2n) is 6.35. The molecule has 0 amide bonds. The third kappa shape index (κ3) is 3.39. The Hall–Kier alpha value is -1.24. The first-order valence-electron chi connectivity index (χ1n) is 7.51. The SMILES string of the molecule is CN1C2COCC1CC(O)(Cc1cccc(OC(F)F)c1)C2. The van der Waals surface area contributed by atoms with Crippen LogP contribution in [0.4, 0.5) is 8.78 Å². The molecule has 1 N–H and O–H groups in total. The summed E-state index contributed by atoms with van der Waals surface area (Å²) in [6.45, 7) is -1.58. The lowest BCUT2D eigenvalue weighted by molar-refractivity contribution is -0.133. The standard InChI is InChI=1S/C16H21F2NO3/c1-19-12-7-16(20,8-13(19)10-21-9-12)6-11-3-2-4-14(5-11)22-15(17)18/h2-5,12-13,15,20H,6-10H2,1H3. The Morgan fingerprint density at radius 2 is 2.05 bits per heavy atom. The number of piperidine rings is 1. The molecule has 0 saturated carbocycles. The number of ether oxygens (including phenoxy) is 2. The van der Waals surface area contributed by atoms with Crippen LogP contribution in [-0.2, 0) is 11.2 Å². The third-order valence-corrected chi connectivity index (χ3v) is 4.66. The molecule has 2 heterocycles. The van der Waals surface area contributed by atoms with E-state index in [0.29, 0.717) is 32.5 Å². The molecule has 0 spiro atoms. The van der Waals surface area contributed by atoms with Gasteiger partial charge in [-0.05, 0) is 37.6 Å². The van der Waals surface area contributed by atoms with Crippen molar-refractivity contribution in [2.45, 2.75) is 43.6 Å². The lowest BCUT2D eigenvalue weighted by Gasteiger charge is -2.50. The van der Waals surface area contributed by atoms with E-state index in [1.54, 1.807) is 12.1 Å². The van der Waals surface area contributed by atoms with E-state index in [4.69, 9.17) is 4.74 Å². The van der Waals surface area contributed by atoms with Gasteiger partial charge >= 0.3 is 6.61 Å². The molecule has 3 rings (SSSR count). The Kier molecular flexibility index (Phi) is 4.34. The number of alkyl halides is 2. The zero-order valence-corrected chi connectivity index (χ0v) is 12.5. The Labute approximate surface area is 128 Å². The van der Waals surface area contributed by atoms with Crippen LogP contribution in [0.25, 0.3) is 0 Å². The summed E-state index contributed by atoms with van der Waals surface area (Å²) in [7, 11) is 2.06. The number of nitrogens with zero attached hydrogens (tertiary/aromatic N) is 1. The fourth-order valence-corrected chi connectivity index (χ4v) is 3.60. The van der Waals surface area contributed by atoms with Crippen LogP contribution in [0.1, 0.15) is 18.4 Å². The van der Waals surface area contributed by atoms with E-state index in [-0.39, 0.29) is 17.8 Å². The molecular weight excluding hydrogens is 292 g/mol. The summed E-state index contributed by atoms with van der Waals surface area (Å²) in [5, 5.41) is 10.9. The Balaban J connectivity index is 1.72. The normalized spacial score (nSPS) is 32.2. The van der Waals surface area contributed by atoms with Crippen LogP contribution in [0.5, 0.6) is 5.75 Å². The van der Waals surface area contributed by atoms with Gasteiger partial charge in [0.25, 0.3) is 0 Å². The minimum absolute atomic E-state index is 0.132. The maximum atomic E-state index is 12.3. The smallest absolute Gasteiger partial charge is 0.387 e. The molecule has 0 aliphatic carbocycles. The van der Waals surface area contributed by atoms with Crippen molar-refractivity contribution in [3.05, 3.63) is 29.8 Å². The van der Waals surface area contributed by atoms with Gasteiger partial charge in [0.2, 0.25) is 0 Å². The van der Waals surface area contributed by atoms with Crippen LogP contribution in [0, 0.1) is 0 Å². The Morgan fingerprint density at radius 3 is 2.68 bits per heavy atom. The molecule has 1 aromatic carbocycles. The number of halogens is 2. The number of likely N-dealkylation sites (N-methyl/N-ethyl adjacent to an activating group) is 1. The van der Waals surface area contributed by atoms with Gasteiger partial charge in [-0.15, -0.1) is 0 Å². The second-order valence-corrected chi connectivity index (χ2v) is 6.35. The van der Waals surface area contributed by atoms with Gasteiger partial charge in [-0.3, -0.25) is 4.90 Å². The number of rotatable bonds is 4. The molecule has 122 valence electrons. The fraction of sp³-hybridized carbons (Fsp3) is 0.625. The predicted octanol–water partition coefficient (Wildman–Crippen LogP) is 2.05. The summed E-state index contributed by atoms with van der Waals surface area (Å²) in [5.74, 6) is 0.132. The van der Waals surface area contributed by atoms with Gasteiger partial charge in [0.05, 0.1) is 18.8 Å². The Morgan fingerprint density at radius 1 is 1.36 bits per heavy atom. The first-order chi connectivity index (χ1) is 10.5. The maximum Gasteiger partial charge on any atom is 0.387 e. The van der Waals surface area contributed by atoms with Crippen molar-refractivity contribution in [1.29, 1.82) is 0 Å². The quantitative estimate of drug-likeness (QED) is 0.924. The molecular formula is C16H21F2NO3. The zero-order valence-electron chi connectivity index (χ0n) is 12.5. The number of morpholine rings is 1. The molecule has 22 heavy (non-hydrogen) atoms. The topological polar surface area (TPSA) is 41.9 Å². The van der Waals surface area contributed by atoms with Crippen molar-refractivity contribution in [3.8, 4) is 5.75 Å². The molecule has 2 atom stereocenters. The second kappa shape index (κ2) is 6.10. The van der Waals surface area contributed by atoms with Crippen LogP contribution in [0.3, 0.4) is 0 Å². The van der Waals surface area contributed by atoms with Crippen LogP contribution in [0.15, 0.2) is 24.3 Å². The fourth-order valence-electron chi connectivity index (χ4n) is 3.60. The van der Waals surface area contributed by atoms with E-state index in [0.717, 1.165) is 5.56 Å². The Bertz CT molecular complexity index is 512. The van der Waals surface area contributed by atoms with E-state index in [1.165, 1.54) is 6.07 Å². The largest absolute Gasteiger partial charge is 0.435 e. The van der Waals surface area contributed by atoms with Crippen LogP contribution < -0.4 is 4.74 Å². The maximum absolute atomic E-state index is 12.3. The third-order valence-electron chi connectivity index (χ3n) is 4.66. The molecule has 2 aliphatic heterocycles. The molecule has 2 aliphatic rings. The number of hydrogen-bond acceptors (Lipinski definition) is 4. The molecule has 4 nitrogen and oxygen atoms in total. The van der Waals surface area contributed by atoms with Crippen LogP contribution >= 0.6 is 0 Å². The highest BCUT2D eigenvalue weighted by atomic mass is 19.3. The molecule has 0 radical (unpaired) electrons. The number of aliphatic hydroxyl groups is 1. The van der Waals surface area contributed by atoms with Crippen molar-refractivity contribution in [2.75, 3.05) is 20.3 Å². The predicted molar refractivity (Wildman–Crippen MR) is 77.1 cm³/mol. The van der Waals surface area contributed by atoms with Crippen LogP contribution in [0.2, 0.25) is 0 Å². The van der Waals surface area contributed by atoms with Crippen molar-refractivity contribution >= 4 is 0 Å². The van der Waals surface area contributed by atoms with Gasteiger partial charge < -0.3 is 14.6 Å². The summed E-state index contributed by atoms with van der Waals surface area (Å²) in [6.07, 6.45) is 1.69. The lowest BCUT2D eigenvalue weighted by Crippen LogP contribution is -2.60. The van der Waals surface area contributed by atoms with Crippen molar-refractivity contribution < 1.29 is 23.4 Å². The highest BCUT2D eigenvalue weighted by Gasteiger charge is 2.44. The average molecular weight is 313 g/mol. The average Bonchev–Trinajstić information content (AvgIpc) is 2.40. The van der Waals surface area contributed by atoms with Gasteiger partial charge in [0, 0.05) is 18.5 Å². The molecule has 6 heteroatoms. The first kappa shape index (κ1) is 15.6. The first-order valence-corrected chi connectivity index (χ1v) is 7.51. The number of hydrogen-bond donors (Lipinski definition) is 1. The van der Waals surface area contributed by atoms with Crippen molar-refractivity contribution in [3.63, 3.8) is 0 Å². The molecule has 2 bridgehead atoms. The zero-order chi connectivity index (χ0) is 15.7. The van der Waals surface area contributed by atoms with Gasteiger partial charge in [-0.25, -0.2) is 0 Å². The van der Waals surface area contributed by atoms with E-state index < -0.39 is 12.2 Å². The van der Waals surface area contributed by atoms with Gasteiger partial charge in [-0.1, -0.05) is 12.1 Å². The molecule has 0 aromatic heterocycles. The highest BCUT2D eigenvalue weighted by molar-refractivity contribution is 5.30. The molecule has 2 unspecified atom stereocenters. The van der Waals surface area contributed by atoms with Gasteiger partial charge in [0.1, 0.15) is 5.75 Å². The van der Waals surface area contributed by atoms with Crippen LogP contribution in [-0.4, -0.2) is 54.6 Å². The van der Waals surface area contributed by atoms with E-state index in [2.05, 4.69) is 16.7 Å². The number of fused-ring (bicyclic) bond motifs is 2. The minimum Gasteiger partial charge on any atom is -0.435 e. The molecule has 1 aromatic rings. The summed E-state index contributed by atoms with van der Waals surface area (Å²) in [6, 6.07) is 7.00. The van der Waals surface area contributed by atoms with E-state index in [9.17, 15) is 13.9 Å². The van der Waals surface area contributed by atoms with E-state index >= 15 is 0 Å². The summed E-state index contributed by atoms with van der Waals surface area (Å²) < 4.78 is 34.6. The van der Waals surface area contributed by atoms with E-state index in [1.807, 2.05) is 6.07 Å². The summed E-state index contributed by atoms with van der Waals surface area (Å²) >= 11 is 0.